The maximum Gasteiger partial charge on any atom is 0.148 e. The lowest BCUT2D eigenvalue weighted by Crippen LogP contribution is -2.34. The molecule has 0 bridgehead atoms. The van der Waals surface area contributed by atoms with Gasteiger partial charge in [0.15, 0.2) is 0 Å². The van der Waals surface area contributed by atoms with Crippen LogP contribution in [-0.2, 0) is 22.8 Å². The van der Waals surface area contributed by atoms with E-state index in [2.05, 4.69) is 29.1 Å². The van der Waals surface area contributed by atoms with Gasteiger partial charge in [-0.3, -0.25) is 4.90 Å². The van der Waals surface area contributed by atoms with Gasteiger partial charge in [-0.15, -0.1) is 11.3 Å². The quantitative estimate of drug-likeness (QED) is 0.694. The minimum atomic E-state index is -2.95. The van der Waals surface area contributed by atoms with Crippen LogP contribution >= 0.6 is 22.9 Å². The maximum absolute atomic E-state index is 11.4. The zero-order valence-electron chi connectivity index (χ0n) is 14.2. The van der Waals surface area contributed by atoms with Crippen molar-refractivity contribution in [2.75, 3.05) is 18.6 Å². The molecule has 0 spiro atoms. The molecule has 2 aromatic rings. The van der Waals surface area contributed by atoms with Crippen LogP contribution in [0.4, 0.5) is 0 Å². The molecule has 0 atom stereocenters. The number of hydrogen-bond donors (Lipinski definition) is 0. The van der Waals surface area contributed by atoms with Gasteiger partial charge < -0.3 is 0 Å². The molecule has 132 valence electrons. The number of thiazole rings is 1. The van der Waals surface area contributed by atoms with Crippen molar-refractivity contribution in [2.45, 2.75) is 32.9 Å². The molecular weight excluding hydrogens is 364 g/mol. The van der Waals surface area contributed by atoms with E-state index in [1.54, 1.807) is 11.3 Å². The van der Waals surface area contributed by atoms with E-state index in [1.165, 1.54) is 11.8 Å². The normalized spacial score (nSPS) is 12.2. The number of sulfone groups is 1. The summed E-state index contributed by atoms with van der Waals surface area (Å²) in [4.78, 5) is 6.83. The third-order valence-electron chi connectivity index (χ3n) is 3.71. The summed E-state index contributed by atoms with van der Waals surface area (Å²) in [5, 5.41) is 3.84. The van der Waals surface area contributed by atoms with Crippen LogP contribution in [0.15, 0.2) is 29.6 Å². The molecule has 4 nitrogen and oxygen atoms in total. The Morgan fingerprint density at radius 2 is 1.92 bits per heavy atom. The van der Waals surface area contributed by atoms with Gasteiger partial charge in [-0.2, -0.15) is 0 Å². The first-order chi connectivity index (χ1) is 11.2. The fourth-order valence-corrected chi connectivity index (χ4v) is 3.80. The van der Waals surface area contributed by atoms with E-state index in [9.17, 15) is 8.42 Å². The Labute approximate surface area is 153 Å². The van der Waals surface area contributed by atoms with Crippen molar-refractivity contribution < 1.29 is 8.42 Å². The molecule has 2 rings (SSSR count). The highest BCUT2D eigenvalue weighted by Crippen LogP contribution is 2.18. The first kappa shape index (κ1) is 19.4. The summed E-state index contributed by atoms with van der Waals surface area (Å²) in [6.45, 7) is 5.34. The van der Waals surface area contributed by atoms with Crippen molar-refractivity contribution >= 4 is 32.8 Å². The van der Waals surface area contributed by atoms with Gasteiger partial charge >= 0.3 is 0 Å². The summed E-state index contributed by atoms with van der Waals surface area (Å²) >= 11 is 7.54. The average molecular weight is 387 g/mol. The van der Waals surface area contributed by atoms with Crippen molar-refractivity contribution in [3.8, 4) is 0 Å². The minimum absolute atomic E-state index is 0.174. The Kier molecular flexibility index (Phi) is 6.80. The standard InChI is InChI=1S/C17H23ClN2O2S2/c1-13(2)20(8-9-24(3,21)22)11-16-12-23-17(19-16)10-14-4-6-15(18)7-5-14/h4-7,12-13H,8-11H2,1-3H3. The monoisotopic (exact) mass is 386 g/mol. The molecule has 0 aliphatic carbocycles. The van der Waals surface area contributed by atoms with E-state index in [0.29, 0.717) is 13.1 Å². The molecule has 7 heteroatoms. The number of hydrogen-bond acceptors (Lipinski definition) is 5. The number of benzene rings is 1. The van der Waals surface area contributed by atoms with Crippen LogP contribution in [0.3, 0.4) is 0 Å². The number of nitrogens with zero attached hydrogens (tertiary/aromatic N) is 2. The first-order valence-corrected chi connectivity index (χ1v) is 11.1. The van der Waals surface area contributed by atoms with Gasteiger partial charge in [-0.1, -0.05) is 23.7 Å². The SMILES string of the molecule is CC(C)N(CCS(C)(=O)=O)Cc1csc(Cc2ccc(Cl)cc2)n1. The second-order valence-corrected chi connectivity index (χ2v) is 9.87. The van der Waals surface area contributed by atoms with Gasteiger partial charge in [0, 0.05) is 42.2 Å². The Morgan fingerprint density at radius 3 is 2.50 bits per heavy atom. The van der Waals surface area contributed by atoms with E-state index >= 15 is 0 Å². The molecule has 0 fully saturated rings. The summed E-state index contributed by atoms with van der Waals surface area (Å²) in [7, 11) is -2.95. The molecular formula is C17H23ClN2O2S2. The van der Waals surface area contributed by atoms with Gasteiger partial charge in [0.1, 0.15) is 9.84 Å². The zero-order chi connectivity index (χ0) is 17.7. The highest BCUT2D eigenvalue weighted by atomic mass is 35.5. The van der Waals surface area contributed by atoms with E-state index in [0.717, 1.165) is 22.1 Å². The van der Waals surface area contributed by atoms with Crippen LogP contribution in [0.25, 0.3) is 0 Å². The Hall–Kier alpha value is -0.950. The zero-order valence-corrected chi connectivity index (χ0v) is 16.6. The summed E-state index contributed by atoms with van der Waals surface area (Å²) in [6, 6.07) is 8.06. The Morgan fingerprint density at radius 1 is 1.25 bits per heavy atom. The number of rotatable bonds is 8. The Bertz CT molecular complexity index is 755. The lowest BCUT2D eigenvalue weighted by Gasteiger charge is -2.25. The molecule has 0 amide bonds. The van der Waals surface area contributed by atoms with Gasteiger partial charge in [-0.25, -0.2) is 13.4 Å². The van der Waals surface area contributed by atoms with Crippen LogP contribution in [0.1, 0.15) is 30.1 Å². The van der Waals surface area contributed by atoms with Crippen LogP contribution in [0.2, 0.25) is 5.02 Å². The number of aromatic nitrogens is 1. The van der Waals surface area contributed by atoms with E-state index in [1.807, 2.05) is 24.3 Å². The molecule has 0 aliphatic rings. The second kappa shape index (κ2) is 8.43. The highest BCUT2D eigenvalue weighted by molar-refractivity contribution is 7.90. The van der Waals surface area contributed by atoms with Crippen molar-refractivity contribution in [3.63, 3.8) is 0 Å². The maximum atomic E-state index is 11.4. The highest BCUT2D eigenvalue weighted by Gasteiger charge is 2.15. The fraction of sp³-hybridized carbons (Fsp3) is 0.471. The smallest absolute Gasteiger partial charge is 0.148 e. The van der Waals surface area contributed by atoms with Crippen LogP contribution in [0.5, 0.6) is 0 Å². The van der Waals surface area contributed by atoms with Crippen molar-refractivity contribution in [1.29, 1.82) is 0 Å². The molecule has 1 heterocycles. The lowest BCUT2D eigenvalue weighted by molar-refractivity contribution is 0.223. The molecule has 1 aromatic carbocycles. The van der Waals surface area contributed by atoms with Crippen LogP contribution < -0.4 is 0 Å². The molecule has 0 saturated heterocycles. The Balaban J connectivity index is 1.99. The van der Waals surface area contributed by atoms with Gasteiger partial charge in [0.05, 0.1) is 16.5 Å². The van der Waals surface area contributed by atoms with Crippen molar-refractivity contribution in [3.05, 3.63) is 50.9 Å². The predicted molar refractivity (Wildman–Crippen MR) is 102 cm³/mol. The third-order valence-corrected chi connectivity index (χ3v) is 5.79. The molecule has 0 N–H and O–H groups in total. The van der Waals surface area contributed by atoms with Crippen LogP contribution in [0, 0.1) is 0 Å². The first-order valence-electron chi connectivity index (χ1n) is 7.82. The molecule has 0 saturated carbocycles. The van der Waals surface area contributed by atoms with E-state index in [4.69, 9.17) is 11.6 Å². The van der Waals surface area contributed by atoms with Gasteiger partial charge in [0.25, 0.3) is 0 Å². The van der Waals surface area contributed by atoms with E-state index in [-0.39, 0.29) is 11.8 Å². The van der Waals surface area contributed by atoms with Gasteiger partial charge in [-0.05, 0) is 31.5 Å². The lowest BCUT2D eigenvalue weighted by atomic mass is 10.2. The molecule has 24 heavy (non-hydrogen) atoms. The summed E-state index contributed by atoms with van der Waals surface area (Å²) in [5.41, 5.74) is 2.17. The largest absolute Gasteiger partial charge is 0.294 e. The number of halogens is 1. The molecule has 1 aromatic heterocycles. The van der Waals surface area contributed by atoms with Crippen LogP contribution in [-0.4, -0.2) is 42.9 Å². The second-order valence-electron chi connectivity index (χ2n) is 6.23. The topological polar surface area (TPSA) is 50.3 Å². The van der Waals surface area contributed by atoms with Crippen molar-refractivity contribution in [1.82, 2.24) is 9.88 Å². The molecule has 0 radical (unpaired) electrons. The van der Waals surface area contributed by atoms with Gasteiger partial charge in [0.2, 0.25) is 0 Å². The van der Waals surface area contributed by atoms with E-state index < -0.39 is 9.84 Å². The molecule has 0 unspecified atom stereocenters. The predicted octanol–water partition coefficient (Wildman–Crippen LogP) is 3.64. The summed E-state index contributed by atoms with van der Waals surface area (Å²) in [6.07, 6.45) is 2.06. The summed E-state index contributed by atoms with van der Waals surface area (Å²) < 4.78 is 22.8. The third kappa shape index (κ3) is 6.51. The fourth-order valence-electron chi connectivity index (χ4n) is 2.29. The van der Waals surface area contributed by atoms with Crippen molar-refractivity contribution in [2.24, 2.45) is 0 Å². The molecule has 0 aliphatic heterocycles. The minimum Gasteiger partial charge on any atom is -0.294 e. The summed E-state index contributed by atoms with van der Waals surface area (Å²) in [5.74, 6) is 0.174. The average Bonchev–Trinajstić information content (AvgIpc) is 2.92.